The third kappa shape index (κ3) is 1.86. The molecule has 104 valence electrons. The average molecular weight is 266 g/mol. The standard InChI is InChI=1S/C18H22N2/c1-2-20-18(17-14-6-4-7-15(14)17)16-8-3-5-12-11-19-10-9-13(12)16/h3,5,8-11,14-15,17-18,20H,2,4,6-7H2,1H3. The fourth-order valence-electron chi connectivity index (χ4n) is 4.46. The highest BCUT2D eigenvalue weighted by Gasteiger charge is 2.56. The van der Waals surface area contributed by atoms with E-state index in [1.165, 1.54) is 35.6 Å². The van der Waals surface area contributed by atoms with Gasteiger partial charge in [-0.25, -0.2) is 0 Å². The summed E-state index contributed by atoms with van der Waals surface area (Å²) in [6.07, 6.45) is 8.25. The Morgan fingerprint density at radius 1 is 1.25 bits per heavy atom. The first-order valence-corrected chi connectivity index (χ1v) is 7.96. The van der Waals surface area contributed by atoms with Crippen LogP contribution in [-0.4, -0.2) is 11.5 Å². The zero-order chi connectivity index (χ0) is 13.5. The molecule has 0 spiro atoms. The highest BCUT2D eigenvalue weighted by atomic mass is 14.9. The number of hydrogen-bond acceptors (Lipinski definition) is 2. The Hall–Kier alpha value is -1.41. The summed E-state index contributed by atoms with van der Waals surface area (Å²) in [5, 5.41) is 6.40. The van der Waals surface area contributed by atoms with Gasteiger partial charge in [-0.3, -0.25) is 4.98 Å². The van der Waals surface area contributed by atoms with Crippen molar-refractivity contribution in [3.63, 3.8) is 0 Å². The summed E-state index contributed by atoms with van der Waals surface area (Å²) in [6.45, 7) is 3.26. The van der Waals surface area contributed by atoms with Gasteiger partial charge < -0.3 is 5.32 Å². The molecule has 2 aliphatic carbocycles. The van der Waals surface area contributed by atoms with Gasteiger partial charge >= 0.3 is 0 Å². The minimum absolute atomic E-state index is 0.529. The molecule has 2 aromatic rings. The molecule has 2 nitrogen and oxygen atoms in total. The molecule has 0 radical (unpaired) electrons. The third-order valence-electron chi connectivity index (χ3n) is 5.33. The van der Waals surface area contributed by atoms with Gasteiger partial charge in [0.1, 0.15) is 0 Å². The van der Waals surface area contributed by atoms with Gasteiger partial charge in [-0.1, -0.05) is 31.5 Å². The topological polar surface area (TPSA) is 24.9 Å². The normalized spacial score (nSPS) is 29.4. The van der Waals surface area contributed by atoms with Crippen molar-refractivity contribution in [2.75, 3.05) is 6.54 Å². The molecular formula is C18H22N2. The van der Waals surface area contributed by atoms with Gasteiger partial charge in [-0.2, -0.15) is 0 Å². The van der Waals surface area contributed by atoms with Gasteiger partial charge in [-0.15, -0.1) is 0 Å². The number of nitrogens with zero attached hydrogens (tertiary/aromatic N) is 1. The second kappa shape index (κ2) is 4.85. The van der Waals surface area contributed by atoms with Crippen LogP contribution in [0.3, 0.4) is 0 Å². The van der Waals surface area contributed by atoms with Gasteiger partial charge in [-0.05, 0) is 54.2 Å². The number of aromatic nitrogens is 1. The number of pyridine rings is 1. The van der Waals surface area contributed by atoms with Gasteiger partial charge in [0.2, 0.25) is 0 Å². The highest BCUT2D eigenvalue weighted by molar-refractivity contribution is 5.85. The van der Waals surface area contributed by atoms with Crippen LogP contribution in [0.4, 0.5) is 0 Å². The van der Waals surface area contributed by atoms with Crippen molar-refractivity contribution in [1.29, 1.82) is 0 Å². The summed E-state index contributed by atoms with van der Waals surface area (Å²) in [5.41, 5.74) is 1.48. The van der Waals surface area contributed by atoms with E-state index in [2.05, 4.69) is 41.5 Å². The van der Waals surface area contributed by atoms with Crippen LogP contribution in [0.1, 0.15) is 37.8 Å². The smallest absolute Gasteiger partial charge is 0.0360 e. The maximum Gasteiger partial charge on any atom is 0.0360 e. The summed E-state index contributed by atoms with van der Waals surface area (Å²) in [4.78, 5) is 4.26. The van der Waals surface area contributed by atoms with Crippen molar-refractivity contribution >= 4 is 10.8 Å². The first kappa shape index (κ1) is 12.3. The van der Waals surface area contributed by atoms with Crippen molar-refractivity contribution in [3.8, 4) is 0 Å². The lowest BCUT2D eigenvalue weighted by Gasteiger charge is -2.22. The molecule has 2 fully saturated rings. The molecule has 3 unspecified atom stereocenters. The molecule has 1 heterocycles. The van der Waals surface area contributed by atoms with Crippen molar-refractivity contribution in [2.24, 2.45) is 17.8 Å². The van der Waals surface area contributed by atoms with E-state index in [0.29, 0.717) is 6.04 Å². The van der Waals surface area contributed by atoms with Crippen LogP contribution in [0.15, 0.2) is 36.7 Å². The molecule has 0 saturated heterocycles. The van der Waals surface area contributed by atoms with Gasteiger partial charge in [0.25, 0.3) is 0 Å². The Balaban J connectivity index is 1.75. The molecule has 3 atom stereocenters. The molecular weight excluding hydrogens is 244 g/mol. The first-order chi connectivity index (χ1) is 9.90. The van der Waals surface area contributed by atoms with Crippen LogP contribution in [-0.2, 0) is 0 Å². The van der Waals surface area contributed by atoms with E-state index < -0.39 is 0 Å². The fraction of sp³-hybridized carbons (Fsp3) is 0.500. The Morgan fingerprint density at radius 3 is 2.90 bits per heavy atom. The van der Waals surface area contributed by atoms with Crippen LogP contribution >= 0.6 is 0 Å². The zero-order valence-corrected chi connectivity index (χ0v) is 12.0. The van der Waals surface area contributed by atoms with Crippen molar-refractivity contribution in [2.45, 2.75) is 32.2 Å². The number of rotatable bonds is 4. The molecule has 2 heteroatoms. The Morgan fingerprint density at radius 2 is 2.10 bits per heavy atom. The molecule has 0 bridgehead atoms. The highest BCUT2D eigenvalue weighted by Crippen LogP contribution is 2.62. The summed E-state index contributed by atoms with van der Waals surface area (Å²) in [7, 11) is 0. The summed E-state index contributed by atoms with van der Waals surface area (Å²) < 4.78 is 0. The maximum atomic E-state index is 4.26. The van der Waals surface area contributed by atoms with E-state index in [4.69, 9.17) is 0 Å². The molecule has 1 N–H and O–H groups in total. The van der Waals surface area contributed by atoms with Crippen molar-refractivity contribution in [1.82, 2.24) is 10.3 Å². The maximum absolute atomic E-state index is 4.26. The molecule has 0 aliphatic heterocycles. The number of hydrogen-bond donors (Lipinski definition) is 1. The van der Waals surface area contributed by atoms with E-state index in [1.54, 1.807) is 0 Å². The molecule has 2 aliphatic rings. The number of nitrogens with one attached hydrogen (secondary N) is 1. The second-order valence-electron chi connectivity index (χ2n) is 6.32. The van der Waals surface area contributed by atoms with Crippen molar-refractivity contribution < 1.29 is 0 Å². The van der Waals surface area contributed by atoms with Crippen LogP contribution in [0.2, 0.25) is 0 Å². The summed E-state index contributed by atoms with van der Waals surface area (Å²) in [6, 6.07) is 9.36. The zero-order valence-electron chi connectivity index (χ0n) is 12.0. The van der Waals surface area contributed by atoms with Crippen molar-refractivity contribution in [3.05, 3.63) is 42.2 Å². The third-order valence-corrected chi connectivity index (χ3v) is 5.33. The predicted octanol–water partition coefficient (Wildman–Crippen LogP) is 3.93. The van der Waals surface area contributed by atoms with Crippen LogP contribution in [0.5, 0.6) is 0 Å². The minimum atomic E-state index is 0.529. The van der Waals surface area contributed by atoms with E-state index in [0.717, 1.165) is 24.3 Å². The van der Waals surface area contributed by atoms with Gasteiger partial charge in [0.15, 0.2) is 0 Å². The Kier molecular flexibility index (Phi) is 2.99. The van der Waals surface area contributed by atoms with Gasteiger partial charge in [0.05, 0.1) is 0 Å². The van der Waals surface area contributed by atoms with Crippen LogP contribution < -0.4 is 5.32 Å². The largest absolute Gasteiger partial charge is 0.310 e. The molecule has 4 rings (SSSR count). The Bertz CT molecular complexity index is 606. The first-order valence-electron chi connectivity index (χ1n) is 7.96. The second-order valence-corrected chi connectivity index (χ2v) is 6.32. The monoisotopic (exact) mass is 266 g/mol. The number of fused-ring (bicyclic) bond motifs is 2. The molecule has 1 aromatic heterocycles. The average Bonchev–Trinajstić information content (AvgIpc) is 2.95. The van der Waals surface area contributed by atoms with Gasteiger partial charge in [0, 0.05) is 23.8 Å². The van der Waals surface area contributed by atoms with E-state index in [1.807, 2.05) is 12.4 Å². The summed E-state index contributed by atoms with van der Waals surface area (Å²) >= 11 is 0. The molecule has 0 amide bonds. The number of benzene rings is 1. The van der Waals surface area contributed by atoms with E-state index >= 15 is 0 Å². The van der Waals surface area contributed by atoms with E-state index in [9.17, 15) is 0 Å². The quantitative estimate of drug-likeness (QED) is 0.907. The summed E-state index contributed by atoms with van der Waals surface area (Å²) in [5.74, 6) is 2.83. The lowest BCUT2D eigenvalue weighted by molar-refractivity contribution is 0.428. The van der Waals surface area contributed by atoms with E-state index in [-0.39, 0.29) is 0 Å². The SMILES string of the molecule is CCNC(c1cccc2cnccc12)C1C2CCCC21. The van der Waals surface area contributed by atoms with Crippen LogP contribution in [0.25, 0.3) is 10.8 Å². The molecule has 1 aromatic carbocycles. The molecule has 2 saturated carbocycles. The van der Waals surface area contributed by atoms with Crippen LogP contribution in [0, 0.1) is 17.8 Å². The lowest BCUT2D eigenvalue weighted by atomic mass is 9.93. The Labute approximate surface area is 120 Å². The minimum Gasteiger partial charge on any atom is -0.310 e. The fourth-order valence-corrected chi connectivity index (χ4v) is 4.46. The lowest BCUT2D eigenvalue weighted by Crippen LogP contribution is -2.24. The predicted molar refractivity (Wildman–Crippen MR) is 82.5 cm³/mol. The molecule has 20 heavy (non-hydrogen) atoms.